The van der Waals surface area contributed by atoms with Crippen molar-refractivity contribution in [1.29, 1.82) is 0 Å². The van der Waals surface area contributed by atoms with Crippen LogP contribution in [0.5, 0.6) is 0 Å². The van der Waals surface area contributed by atoms with E-state index < -0.39 is 5.97 Å². The summed E-state index contributed by atoms with van der Waals surface area (Å²) in [5.74, 6) is -0.743. The van der Waals surface area contributed by atoms with Crippen LogP contribution in [0.3, 0.4) is 0 Å². The zero-order valence-electron chi connectivity index (χ0n) is 18.2. The van der Waals surface area contributed by atoms with Gasteiger partial charge in [0.15, 0.2) is 0 Å². The number of esters is 1. The summed E-state index contributed by atoms with van der Waals surface area (Å²) in [6.07, 6.45) is 15.4. The number of ether oxygens (including phenoxy) is 1. The molecule has 0 heterocycles. The van der Waals surface area contributed by atoms with Crippen molar-refractivity contribution in [2.45, 2.75) is 60.8 Å². The smallest absolute Gasteiger partial charge is 0.325 e. The highest BCUT2D eigenvalue weighted by molar-refractivity contribution is 5.91. The highest BCUT2D eigenvalue weighted by Gasteiger charge is 2.26. The average Bonchev–Trinajstić information content (AvgIpc) is 2.59. The minimum Gasteiger partial charge on any atom is -0.465 e. The molecule has 0 bridgehead atoms. The standard InChI is InChI=1S/C24H35NO3/c1-7-28-23(27)17-25-22(26)16-19(3)11-8-10-18(2)13-14-21-20(4)12-9-15-24(21,5)6/h8,10-11,13-14,16H,7,9,12,15,17H2,1-6H3,(H,25,26)/b11-8+,14-13+,18-10+,19-16+. The van der Waals surface area contributed by atoms with E-state index in [1.807, 2.05) is 25.2 Å². The lowest BCUT2D eigenvalue weighted by Gasteiger charge is -2.32. The first-order valence-corrected chi connectivity index (χ1v) is 10.0. The molecule has 1 aliphatic rings. The second-order valence-corrected chi connectivity index (χ2v) is 7.95. The topological polar surface area (TPSA) is 55.4 Å². The van der Waals surface area contributed by atoms with Gasteiger partial charge in [-0.25, -0.2) is 0 Å². The SMILES string of the molecule is CCOC(=O)CNC(=O)/C=C(C)/C=C/C=C(C)/C=C/C1=C(C)CCCC1(C)C. The van der Waals surface area contributed by atoms with Gasteiger partial charge >= 0.3 is 5.97 Å². The molecule has 0 atom stereocenters. The first kappa shape index (κ1) is 23.7. The fourth-order valence-electron chi connectivity index (χ4n) is 3.31. The molecule has 1 aliphatic carbocycles. The summed E-state index contributed by atoms with van der Waals surface area (Å²) in [7, 11) is 0. The van der Waals surface area contributed by atoms with Crippen molar-refractivity contribution in [2.24, 2.45) is 5.41 Å². The van der Waals surface area contributed by atoms with Crippen molar-refractivity contribution < 1.29 is 14.3 Å². The third-order valence-electron chi connectivity index (χ3n) is 4.84. The Balaban J connectivity index is 2.62. The molecule has 4 heteroatoms. The second-order valence-electron chi connectivity index (χ2n) is 7.95. The average molecular weight is 386 g/mol. The Morgan fingerprint density at radius 1 is 1.18 bits per heavy atom. The first-order chi connectivity index (χ1) is 13.2. The largest absolute Gasteiger partial charge is 0.465 e. The molecule has 0 saturated carbocycles. The molecule has 4 nitrogen and oxygen atoms in total. The molecule has 0 spiro atoms. The molecular formula is C24H35NO3. The van der Waals surface area contributed by atoms with E-state index in [0.717, 1.165) is 11.1 Å². The van der Waals surface area contributed by atoms with E-state index in [0.29, 0.717) is 6.61 Å². The normalized spacial score (nSPS) is 18.1. The van der Waals surface area contributed by atoms with Crippen LogP contribution < -0.4 is 5.32 Å². The van der Waals surface area contributed by atoms with E-state index in [1.165, 1.54) is 36.5 Å². The molecule has 0 aromatic heterocycles. The maximum Gasteiger partial charge on any atom is 0.325 e. The lowest BCUT2D eigenvalue weighted by atomic mass is 9.72. The van der Waals surface area contributed by atoms with Gasteiger partial charge in [0.1, 0.15) is 6.54 Å². The number of amides is 1. The summed E-state index contributed by atoms with van der Waals surface area (Å²) >= 11 is 0. The molecule has 154 valence electrons. The summed E-state index contributed by atoms with van der Waals surface area (Å²) in [6.45, 7) is 12.7. The molecule has 28 heavy (non-hydrogen) atoms. The molecule has 0 unspecified atom stereocenters. The zero-order valence-corrected chi connectivity index (χ0v) is 18.2. The van der Waals surface area contributed by atoms with Crippen LogP contribution in [0.1, 0.15) is 60.8 Å². The molecule has 0 aromatic carbocycles. The number of rotatable bonds is 8. The van der Waals surface area contributed by atoms with Crippen LogP contribution in [-0.4, -0.2) is 25.0 Å². The van der Waals surface area contributed by atoms with E-state index in [1.54, 1.807) is 6.92 Å². The summed E-state index contributed by atoms with van der Waals surface area (Å²) < 4.78 is 4.77. The lowest BCUT2D eigenvalue weighted by molar-refractivity contribution is -0.143. The molecule has 1 N–H and O–H groups in total. The van der Waals surface area contributed by atoms with Crippen LogP contribution in [0.25, 0.3) is 0 Å². The van der Waals surface area contributed by atoms with Crippen LogP contribution in [0.4, 0.5) is 0 Å². The molecule has 0 radical (unpaired) electrons. The molecular weight excluding hydrogens is 350 g/mol. The molecule has 0 aromatic rings. The van der Waals surface area contributed by atoms with Gasteiger partial charge < -0.3 is 10.1 Å². The fourth-order valence-corrected chi connectivity index (χ4v) is 3.31. The highest BCUT2D eigenvalue weighted by atomic mass is 16.5. The summed E-state index contributed by atoms with van der Waals surface area (Å²) in [6, 6.07) is 0. The van der Waals surface area contributed by atoms with Crippen molar-refractivity contribution in [1.82, 2.24) is 5.32 Å². The Morgan fingerprint density at radius 2 is 1.89 bits per heavy atom. The first-order valence-electron chi connectivity index (χ1n) is 10.0. The predicted octanol–water partition coefficient (Wildman–Crippen LogP) is 5.20. The Labute approximate surface area is 170 Å². The van der Waals surface area contributed by atoms with Gasteiger partial charge in [-0.2, -0.15) is 0 Å². The van der Waals surface area contributed by atoms with Crippen LogP contribution in [0, 0.1) is 5.41 Å². The van der Waals surface area contributed by atoms with Gasteiger partial charge in [0.05, 0.1) is 6.61 Å². The van der Waals surface area contributed by atoms with Gasteiger partial charge in [0.2, 0.25) is 5.91 Å². The molecule has 0 fully saturated rings. The van der Waals surface area contributed by atoms with E-state index in [-0.39, 0.29) is 17.9 Å². The van der Waals surface area contributed by atoms with Crippen LogP contribution in [0.15, 0.2) is 58.7 Å². The molecule has 1 amide bonds. The summed E-state index contributed by atoms with van der Waals surface area (Å²) in [5.41, 5.74) is 5.14. The number of carbonyl (C=O) groups is 2. The predicted molar refractivity (Wildman–Crippen MR) is 116 cm³/mol. The number of hydrogen-bond donors (Lipinski definition) is 1. The minimum absolute atomic E-state index is 0.115. The second kappa shape index (κ2) is 11.5. The minimum atomic E-state index is -0.436. The monoisotopic (exact) mass is 385 g/mol. The number of nitrogens with one attached hydrogen (secondary N) is 1. The highest BCUT2D eigenvalue weighted by Crippen LogP contribution is 2.40. The maximum absolute atomic E-state index is 11.8. The fraction of sp³-hybridized carbons (Fsp3) is 0.500. The number of allylic oxidation sites excluding steroid dienone is 9. The Hall–Kier alpha value is -2.36. The van der Waals surface area contributed by atoms with Gasteiger partial charge in [-0.15, -0.1) is 0 Å². The Kier molecular flexibility index (Phi) is 9.70. The summed E-state index contributed by atoms with van der Waals surface area (Å²) in [4.78, 5) is 23.0. The van der Waals surface area contributed by atoms with Crippen molar-refractivity contribution >= 4 is 11.9 Å². The van der Waals surface area contributed by atoms with Gasteiger partial charge in [-0.05, 0) is 63.5 Å². The van der Waals surface area contributed by atoms with Crippen LogP contribution in [-0.2, 0) is 14.3 Å². The lowest BCUT2D eigenvalue weighted by Crippen LogP contribution is -2.29. The van der Waals surface area contributed by atoms with E-state index >= 15 is 0 Å². The van der Waals surface area contributed by atoms with Crippen LogP contribution >= 0.6 is 0 Å². The Morgan fingerprint density at radius 3 is 2.54 bits per heavy atom. The van der Waals surface area contributed by atoms with E-state index in [4.69, 9.17) is 4.74 Å². The third kappa shape index (κ3) is 8.55. The van der Waals surface area contributed by atoms with E-state index in [9.17, 15) is 9.59 Å². The third-order valence-corrected chi connectivity index (χ3v) is 4.84. The number of hydrogen-bond acceptors (Lipinski definition) is 3. The molecule has 1 rings (SSSR count). The number of carbonyl (C=O) groups excluding carboxylic acids is 2. The quantitative estimate of drug-likeness (QED) is 0.355. The van der Waals surface area contributed by atoms with E-state index in [2.05, 4.69) is 45.2 Å². The van der Waals surface area contributed by atoms with Gasteiger partial charge in [-0.1, -0.05) is 55.4 Å². The van der Waals surface area contributed by atoms with Crippen molar-refractivity contribution in [2.75, 3.05) is 13.2 Å². The molecule has 0 saturated heterocycles. The van der Waals surface area contributed by atoms with Gasteiger partial charge in [0, 0.05) is 6.08 Å². The van der Waals surface area contributed by atoms with Crippen molar-refractivity contribution in [3.05, 3.63) is 58.7 Å². The van der Waals surface area contributed by atoms with Gasteiger partial charge in [0.25, 0.3) is 0 Å². The van der Waals surface area contributed by atoms with Crippen molar-refractivity contribution in [3.63, 3.8) is 0 Å². The Bertz CT molecular complexity index is 718. The van der Waals surface area contributed by atoms with Gasteiger partial charge in [-0.3, -0.25) is 9.59 Å². The van der Waals surface area contributed by atoms with Crippen LogP contribution in [0.2, 0.25) is 0 Å². The maximum atomic E-state index is 11.8. The molecule has 0 aliphatic heterocycles. The van der Waals surface area contributed by atoms with Crippen molar-refractivity contribution in [3.8, 4) is 0 Å². The zero-order chi connectivity index (χ0) is 21.2. The summed E-state index contributed by atoms with van der Waals surface area (Å²) in [5, 5.41) is 2.51.